The van der Waals surface area contributed by atoms with Crippen LogP contribution in [-0.4, -0.2) is 20.9 Å². The Kier molecular flexibility index (Phi) is 3.28. The lowest BCUT2D eigenvalue weighted by Crippen LogP contribution is -2.04. The number of hydrogen-bond donors (Lipinski definition) is 1. The SMILES string of the molecule is Cc1ccc(C(=O)O)c(-c2ccnn2-c2ccccc2)c1. The maximum atomic E-state index is 11.4. The fourth-order valence-electron chi connectivity index (χ4n) is 2.34. The molecular weight excluding hydrogens is 264 g/mol. The minimum Gasteiger partial charge on any atom is -0.478 e. The van der Waals surface area contributed by atoms with Crippen LogP contribution in [0.2, 0.25) is 0 Å². The van der Waals surface area contributed by atoms with Crippen LogP contribution in [0.1, 0.15) is 15.9 Å². The molecule has 1 heterocycles. The average Bonchev–Trinajstić information content (AvgIpc) is 2.97. The van der Waals surface area contributed by atoms with E-state index in [0.29, 0.717) is 5.56 Å². The van der Waals surface area contributed by atoms with Crippen molar-refractivity contribution in [2.45, 2.75) is 6.92 Å². The van der Waals surface area contributed by atoms with Gasteiger partial charge in [0.15, 0.2) is 0 Å². The number of aryl methyl sites for hydroxylation is 1. The number of nitrogens with zero attached hydrogens (tertiary/aromatic N) is 2. The maximum Gasteiger partial charge on any atom is 0.336 e. The molecule has 0 atom stereocenters. The number of para-hydroxylation sites is 1. The van der Waals surface area contributed by atoms with Crippen molar-refractivity contribution in [2.24, 2.45) is 0 Å². The Labute approximate surface area is 122 Å². The maximum absolute atomic E-state index is 11.4. The van der Waals surface area contributed by atoms with Crippen LogP contribution in [0.25, 0.3) is 16.9 Å². The van der Waals surface area contributed by atoms with Crippen LogP contribution in [0.5, 0.6) is 0 Å². The molecule has 3 rings (SSSR count). The predicted molar refractivity (Wildman–Crippen MR) is 80.7 cm³/mol. The summed E-state index contributed by atoms with van der Waals surface area (Å²) < 4.78 is 1.75. The van der Waals surface area contributed by atoms with Gasteiger partial charge in [-0.2, -0.15) is 5.10 Å². The number of carboxylic acid groups (broad SMARTS) is 1. The Morgan fingerprint density at radius 3 is 2.57 bits per heavy atom. The Bertz CT molecular complexity index is 792. The third-order valence-electron chi connectivity index (χ3n) is 3.32. The number of aromatic carboxylic acids is 1. The molecule has 0 aliphatic carbocycles. The molecule has 104 valence electrons. The molecule has 3 aromatic rings. The van der Waals surface area contributed by atoms with Crippen LogP contribution in [0, 0.1) is 6.92 Å². The van der Waals surface area contributed by atoms with E-state index in [1.165, 1.54) is 0 Å². The smallest absolute Gasteiger partial charge is 0.336 e. The van der Waals surface area contributed by atoms with Crippen molar-refractivity contribution in [2.75, 3.05) is 0 Å². The number of benzene rings is 2. The van der Waals surface area contributed by atoms with E-state index in [1.54, 1.807) is 23.0 Å². The van der Waals surface area contributed by atoms with Crippen molar-refractivity contribution in [3.8, 4) is 16.9 Å². The van der Waals surface area contributed by atoms with E-state index < -0.39 is 5.97 Å². The van der Waals surface area contributed by atoms with Gasteiger partial charge in [-0.25, -0.2) is 9.48 Å². The zero-order valence-corrected chi connectivity index (χ0v) is 11.5. The first-order valence-electron chi connectivity index (χ1n) is 6.60. The second kappa shape index (κ2) is 5.25. The Balaban J connectivity index is 2.21. The van der Waals surface area contributed by atoms with Gasteiger partial charge in [-0.1, -0.05) is 29.8 Å². The van der Waals surface area contributed by atoms with Crippen molar-refractivity contribution >= 4 is 5.97 Å². The van der Waals surface area contributed by atoms with Gasteiger partial charge in [0.05, 0.1) is 23.1 Å². The van der Waals surface area contributed by atoms with Gasteiger partial charge in [0, 0.05) is 5.56 Å². The molecule has 21 heavy (non-hydrogen) atoms. The predicted octanol–water partition coefficient (Wildman–Crippen LogP) is 3.55. The van der Waals surface area contributed by atoms with Gasteiger partial charge in [-0.05, 0) is 37.3 Å². The molecule has 0 saturated heterocycles. The average molecular weight is 278 g/mol. The van der Waals surface area contributed by atoms with Gasteiger partial charge in [0.2, 0.25) is 0 Å². The highest BCUT2D eigenvalue weighted by atomic mass is 16.4. The molecule has 0 aliphatic rings. The zero-order chi connectivity index (χ0) is 14.8. The van der Waals surface area contributed by atoms with E-state index in [4.69, 9.17) is 0 Å². The Hall–Kier alpha value is -2.88. The highest BCUT2D eigenvalue weighted by molar-refractivity contribution is 5.95. The van der Waals surface area contributed by atoms with Crippen molar-refractivity contribution in [3.63, 3.8) is 0 Å². The molecule has 0 unspecified atom stereocenters. The van der Waals surface area contributed by atoms with Crippen LogP contribution >= 0.6 is 0 Å². The molecule has 0 radical (unpaired) electrons. The normalized spacial score (nSPS) is 10.5. The second-order valence-corrected chi connectivity index (χ2v) is 4.82. The largest absolute Gasteiger partial charge is 0.478 e. The molecule has 0 spiro atoms. The minimum absolute atomic E-state index is 0.276. The number of carbonyl (C=O) groups is 1. The van der Waals surface area contributed by atoms with Gasteiger partial charge in [-0.15, -0.1) is 0 Å². The Morgan fingerprint density at radius 1 is 1.10 bits per heavy atom. The summed E-state index contributed by atoms with van der Waals surface area (Å²) in [7, 11) is 0. The Morgan fingerprint density at radius 2 is 1.86 bits per heavy atom. The number of rotatable bonds is 3. The van der Waals surface area contributed by atoms with Crippen molar-refractivity contribution in [1.82, 2.24) is 9.78 Å². The quantitative estimate of drug-likeness (QED) is 0.797. The van der Waals surface area contributed by atoms with Gasteiger partial charge in [-0.3, -0.25) is 0 Å². The summed E-state index contributed by atoms with van der Waals surface area (Å²) in [6.07, 6.45) is 1.68. The van der Waals surface area contributed by atoms with Gasteiger partial charge >= 0.3 is 5.97 Å². The van der Waals surface area contributed by atoms with E-state index in [2.05, 4.69) is 5.10 Å². The summed E-state index contributed by atoms with van der Waals surface area (Å²) in [4.78, 5) is 11.4. The number of aromatic nitrogens is 2. The lowest BCUT2D eigenvalue weighted by molar-refractivity contribution is 0.0697. The molecule has 0 fully saturated rings. The van der Waals surface area contributed by atoms with Crippen molar-refractivity contribution in [3.05, 3.63) is 71.9 Å². The topological polar surface area (TPSA) is 55.1 Å². The van der Waals surface area contributed by atoms with Gasteiger partial charge in [0.1, 0.15) is 0 Å². The van der Waals surface area contributed by atoms with Crippen LogP contribution < -0.4 is 0 Å². The fourth-order valence-corrected chi connectivity index (χ4v) is 2.34. The van der Waals surface area contributed by atoms with Gasteiger partial charge < -0.3 is 5.11 Å². The third kappa shape index (κ3) is 2.43. The molecule has 4 nitrogen and oxygen atoms in total. The van der Waals surface area contributed by atoms with Crippen LogP contribution in [-0.2, 0) is 0 Å². The minimum atomic E-state index is -0.939. The number of hydrogen-bond acceptors (Lipinski definition) is 2. The highest BCUT2D eigenvalue weighted by Gasteiger charge is 2.15. The van der Waals surface area contributed by atoms with E-state index >= 15 is 0 Å². The molecule has 1 aromatic heterocycles. The van der Waals surface area contributed by atoms with Crippen LogP contribution in [0.4, 0.5) is 0 Å². The summed E-state index contributed by atoms with van der Waals surface area (Å²) in [6, 6.07) is 16.8. The van der Waals surface area contributed by atoms with Crippen LogP contribution in [0.15, 0.2) is 60.8 Å². The first-order chi connectivity index (χ1) is 10.2. The summed E-state index contributed by atoms with van der Waals surface area (Å²) in [5.41, 5.74) is 3.62. The van der Waals surface area contributed by atoms with E-state index in [9.17, 15) is 9.90 Å². The highest BCUT2D eigenvalue weighted by Crippen LogP contribution is 2.27. The van der Waals surface area contributed by atoms with E-state index in [1.807, 2.05) is 49.4 Å². The molecule has 0 aliphatic heterocycles. The molecule has 0 saturated carbocycles. The van der Waals surface area contributed by atoms with Gasteiger partial charge in [0.25, 0.3) is 0 Å². The van der Waals surface area contributed by atoms with Crippen molar-refractivity contribution < 1.29 is 9.90 Å². The van der Waals surface area contributed by atoms with Crippen molar-refractivity contribution in [1.29, 1.82) is 0 Å². The molecule has 0 amide bonds. The lowest BCUT2D eigenvalue weighted by Gasteiger charge is -2.11. The second-order valence-electron chi connectivity index (χ2n) is 4.82. The molecule has 4 heteroatoms. The van der Waals surface area contributed by atoms with E-state index in [-0.39, 0.29) is 5.56 Å². The summed E-state index contributed by atoms with van der Waals surface area (Å²) in [5.74, 6) is -0.939. The first-order valence-corrected chi connectivity index (χ1v) is 6.60. The molecule has 0 bridgehead atoms. The van der Waals surface area contributed by atoms with E-state index in [0.717, 1.165) is 16.9 Å². The lowest BCUT2D eigenvalue weighted by atomic mass is 10.0. The molecule has 1 N–H and O–H groups in total. The molecule has 2 aromatic carbocycles. The summed E-state index contributed by atoms with van der Waals surface area (Å²) in [6.45, 7) is 1.94. The third-order valence-corrected chi connectivity index (χ3v) is 3.32. The standard InChI is InChI=1S/C17H14N2O2/c1-12-7-8-14(17(20)21)15(11-12)16-9-10-18-19(16)13-5-3-2-4-6-13/h2-11H,1H3,(H,20,21). The molecular formula is C17H14N2O2. The number of carboxylic acids is 1. The summed E-state index contributed by atoms with van der Waals surface area (Å²) in [5, 5.41) is 13.7. The summed E-state index contributed by atoms with van der Waals surface area (Å²) >= 11 is 0. The zero-order valence-electron chi connectivity index (χ0n) is 11.5. The monoisotopic (exact) mass is 278 g/mol. The first kappa shape index (κ1) is 13.1. The fraction of sp³-hybridized carbons (Fsp3) is 0.0588. The van der Waals surface area contributed by atoms with Crippen LogP contribution in [0.3, 0.4) is 0 Å².